The lowest BCUT2D eigenvalue weighted by Crippen LogP contribution is -2.10. The zero-order valence-corrected chi connectivity index (χ0v) is 12.4. The SMILES string of the molecule is CC(C)(C)c1cccc(Oc2cccc(Br)n2)c1. The van der Waals surface area contributed by atoms with Crippen LogP contribution in [-0.2, 0) is 5.41 Å². The van der Waals surface area contributed by atoms with Gasteiger partial charge < -0.3 is 4.74 Å². The highest BCUT2D eigenvalue weighted by Gasteiger charge is 2.14. The van der Waals surface area contributed by atoms with Crippen molar-refractivity contribution in [2.24, 2.45) is 0 Å². The topological polar surface area (TPSA) is 22.1 Å². The maximum absolute atomic E-state index is 5.75. The van der Waals surface area contributed by atoms with Crippen LogP contribution in [0.3, 0.4) is 0 Å². The number of nitrogens with zero attached hydrogens (tertiary/aromatic N) is 1. The fourth-order valence-electron chi connectivity index (χ4n) is 1.59. The molecule has 0 aliphatic rings. The van der Waals surface area contributed by atoms with Gasteiger partial charge in [0.2, 0.25) is 5.88 Å². The minimum Gasteiger partial charge on any atom is -0.439 e. The first-order valence-corrected chi connectivity index (χ1v) is 6.65. The Balaban J connectivity index is 2.25. The summed E-state index contributed by atoms with van der Waals surface area (Å²) in [6.07, 6.45) is 0. The Morgan fingerprint density at radius 3 is 2.44 bits per heavy atom. The molecule has 2 rings (SSSR count). The van der Waals surface area contributed by atoms with Crippen LogP contribution >= 0.6 is 15.9 Å². The monoisotopic (exact) mass is 305 g/mol. The van der Waals surface area contributed by atoms with Crippen molar-refractivity contribution in [1.29, 1.82) is 0 Å². The molecule has 0 unspecified atom stereocenters. The van der Waals surface area contributed by atoms with Gasteiger partial charge in [-0.15, -0.1) is 0 Å². The minimum absolute atomic E-state index is 0.115. The standard InChI is InChI=1S/C15H16BrNO/c1-15(2,3)11-6-4-7-12(10-11)18-14-9-5-8-13(16)17-14/h4-10H,1-3H3. The highest BCUT2D eigenvalue weighted by molar-refractivity contribution is 9.10. The summed E-state index contributed by atoms with van der Waals surface area (Å²) in [7, 11) is 0. The number of benzene rings is 1. The summed E-state index contributed by atoms with van der Waals surface area (Å²) >= 11 is 3.33. The van der Waals surface area contributed by atoms with Gasteiger partial charge in [-0.05, 0) is 45.1 Å². The van der Waals surface area contributed by atoms with Gasteiger partial charge in [0.25, 0.3) is 0 Å². The van der Waals surface area contributed by atoms with Gasteiger partial charge in [-0.2, -0.15) is 0 Å². The van der Waals surface area contributed by atoms with Crippen molar-refractivity contribution in [3.05, 3.63) is 52.6 Å². The Kier molecular flexibility index (Phi) is 3.71. The van der Waals surface area contributed by atoms with Gasteiger partial charge in [0.1, 0.15) is 10.4 Å². The van der Waals surface area contributed by atoms with Crippen LogP contribution in [-0.4, -0.2) is 4.98 Å². The van der Waals surface area contributed by atoms with Crippen LogP contribution in [0.2, 0.25) is 0 Å². The van der Waals surface area contributed by atoms with Gasteiger partial charge in [-0.1, -0.05) is 39.0 Å². The molecule has 94 valence electrons. The predicted octanol–water partition coefficient (Wildman–Crippen LogP) is 4.93. The molecule has 1 heterocycles. The molecule has 2 nitrogen and oxygen atoms in total. The Bertz CT molecular complexity index is 546. The smallest absolute Gasteiger partial charge is 0.220 e. The second kappa shape index (κ2) is 5.11. The normalized spacial score (nSPS) is 11.3. The number of ether oxygens (including phenoxy) is 1. The molecule has 0 fully saturated rings. The van der Waals surface area contributed by atoms with Crippen LogP contribution in [0.1, 0.15) is 26.3 Å². The van der Waals surface area contributed by atoms with E-state index in [4.69, 9.17) is 4.74 Å². The summed E-state index contributed by atoms with van der Waals surface area (Å²) in [5.41, 5.74) is 1.36. The van der Waals surface area contributed by atoms with Gasteiger partial charge in [0.05, 0.1) is 0 Å². The molecular weight excluding hydrogens is 290 g/mol. The molecule has 0 radical (unpaired) electrons. The van der Waals surface area contributed by atoms with Crippen molar-refractivity contribution in [2.45, 2.75) is 26.2 Å². The first-order valence-electron chi connectivity index (χ1n) is 5.86. The lowest BCUT2D eigenvalue weighted by atomic mass is 9.87. The van der Waals surface area contributed by atoms with E-state index in [1.165, 1.54) is 5.56 Å². The first-order chi connectivity index (χ1) is 8.45. The fraction of sp³-hybridized carbons (Fsp3) is 0.267. The maximum Gasteiger partial charge on any atom is 0.220 e. The maximum atomic E-state index is 5.75. The average Bonchev–Trinajstić information content (AvgIpc) is 2.28. The van der Waals surface area contributed by atoms with Crippen LogP contribution in [0.15, 0.2) is 47.1 Å². The van der Waals surface area contributed by atoms with E-state index < -0.39 is 0 Å². The van der Waals surface area contributed by atoms with E-state index in [1.807, 2.05) is 30.3 Å². The molecule has 0 amide bonds. The van der Waals surface area contributed by atoms with Gasteiger partial charge >= 0.3 is 0 Å². The van der Waals surface area contributed by atoms with Crippen LogP contribution in [0.5, 0.6) is 11.6 Å². The van der Waals surface area contributed by atoms with Crippen molar-refractivity contribution < 1.29 is 4.74 Å². The number of hydrogen-bond donors (Lipinski definition) is 0. The van der Waals surface area contributed by atoms with Crippen LogP contribution < -0.4 is 4.74 Å². The number of aromatic nitrogens is 1. The number of rotatable bonds is 2. The lowest BCUT2D eigenvalue weighted by molar-refractivity contribution is 0.458. The van der Waals surface area contributed by atoms with Crippen molar-refractivity contribution in [3.8, 4) is 11.6 Å². The predicted molar refractivity (Wildman–Crippen MR) is 77.2 cm³/mol. The van der Waals surface area contributed by atoms with Crippen molar-refractivity contribution in [2.75, 3.05) is 0 Å². The molecular formula is C15H16BrNO. The average molecular weight is 306 g/mol. The van der Waals surface area contributed by atoms with Crippen molar-refractivity contribution in [1.82, 2.24) is 4.98 Å². The van der Waals surface area contributed by atoms with E-state index in [9.17, 15) is 0 Å². The van der Waals surface area contributed by atoms with Gasteiger partial charge in [0.15, 0.2) is 0 Å². The van der Waals surface area contributed by atoms with E-state index >= 15 is 0 Å². The van der Waals surface area contributed by atoms with Gasteiger partial charge in [-0.25, -0.2) is 4.98 Å². The zero-order valence-electron chi connectivity index (χ0n) is 10.8. The molecule has 0 aliphatic heterocycles. The molecule has 1 aromatic carbocycles. The zero-order chi connectivity index (χ0) is 13.2. The van der Waals surface area contributed by atoms with Gasteiger partial charge in [0, 0.05) is 6.07 Å². The van der Waals surface area contributed by atoms with E-state index in [1.54, 1.807) is 0 Å². The summed E-state index contributed by atoms with van der Waals surface area (Å²) in [6.45, 7) is 6.55. The van der Waals surface area contributed by atoms with Crippen LogP contribution in [0.25, 0.3) is 0 Å². The number of hydrogen-bond acceptors (Lipinski definition) is 2. The third-order valence-corrected chi connectivity index (χ3v) is 3.05. The number of pyridine rings is 1. The molecule has 0 N–H and O–H groups in total. The minimum atomic E-state index is 0.115. The lowest BCUT2D eigenvalue weighted by Gasteiger charge is -2.19. The quantitative estimate of drug-likeness (QED) is 0.734. The highest BCUT2D eigenvalue weighted by atomic mass is 79.9. The molecule has 0 spiro atoms. The van der Waals surface area contributed by atoms with Crippen molar-refractivity contribution in [3.63, 3.8) is 0 Å². The third-order valence-electron chi connectivity index (χ3n) is 2.61. The molecule has 0 saturated carbocycles. The van der Waals surface area contributed by atoms with E-state index in [-0.39, 0.29) is 5.41 Å². The number of halogens is 1. The largest absolute Gasteiger partial charge is 0.439 e. The summed E-state index contributed by atoms with van der Waals surface area (Å²) in [5, 5.41) is 0. The Morgan fingerprint density at radius 1 is 1.06 bits per heavy atom. The third kappa shape index (κ3) is 3.33. The summed E-state index contributed by atoms with van der Waals surface area (Å²) in [5.74, 6) is 1.41. The molecule has 2 aromatic rings. The van der Waals surface area contributed by atoms with Crippen LogP contribution in [0, 0.1) is 0 Å². The molecule has 18 heavy (non-hydrogen) atoms. The Hall–Kier alpha value is -1.35. The molecule has 0 aliphatic carbocycles. The second-order valence-corrected chi connectivity index (χ2v) is 5.99. The molecule has 0 bridgehead atoms. The molecule has 3 heteroatoms. The van der Waals surface area contributed by atoms with E-state index in [0.717, 1.165) is 10.4 Å². The van der Waals surface area contributed by atoms with Crippen molar-refractivity contribution >= 4 is 15.9 Å². The van der Waals surface area contributed by atoms with E-state index in [0.29, 0.717) is 5.88 Å². The summed E-state index contributed by atoms with van der Waals surface area (Å²) < 4.78 is 6.52. The highest BCUT2D eigenvalue weighted by Crippen LogP contribution is 2.28. The van der Waals surface area contributed by atoms with Crippen LogP contribution in [0.4, 0.5) is 0 Å². The summed E-state index contributed by atoms with van der Waals surface area (Å²) in [4.78, 5) is 4.25. The second-order valence-electron chi connectivity index (χ2n) is 5.18. The molecule has 0 saturated heterocycles. The summed E-state index contributed by atoms with van der Waals surface area (Å²) in [6, 6.07) is 13.7. The van der Waals surface area contributed by atoms with Gasteiger partial charge in [-0.3, -0.25) is 0 Å². The molecule has 1 aromatic heterocycles. The fourth-order valence-corrected chi connectivity index (χ4v) is 1.92. The first kappa shape index (κ1) is 13.1. The Labute approximate surface area is 116 Å². The van der Waals surface area contributed by atoms with E-state index in [2.05, 4.69) is 53.8 Å². The molecule has 0 atom stereocenters. The Morgan fingerprint density at radius 2 is 1.78 bits per heavy atom.